The summed E-state index contributed by atoms with van der Waals surface area (Å²) in [6.45, 7) is 7.87. The van der Waals surface area contributed by atoms with Gasteiger partial charge in [0.15, 0.2) is 0 Å². The zero-order valence-corrected chi connectivity index (χ0v) is 13.6. The Bertz CT molecular complexity index is 549. The number of aliphatic hydroxyl groups is 1. The summed E-state index contributed by atoms with van der Waals surface area (Å²) in [5.41, 5.74) is 0.100. The van der Waals surface area contributed by atoms with Gasteiger partial charge in [0.2, 0.25) is 6.29 Å². The third kappa shape index (κ3) is 2.02. The van der Waals surface area contributed by atoms with Crippen molar-refractivity contribution in [3.8, 4) is 0 Å². The molecule has 0 spiro atoms. The van der Waals surface area contributed by atoms with E-state index in [9.17, 15) is 14.7 Å². The summed E-state index contributed by atoms with van der Waals surface area (Å²) < 4.78 is 10.7. The predicted molar refractivity (Wildman–Crippen MR) is 78.5 cm³/mol. The zero-order valence-electron chi connectivity index (χ0n) is 13.6. The third-order valence-corrected chi connectivity index (χ3v) is 6.07. The van der Waals surface area contributed by atoms with Gasteiger partial charge in [-0.2, -0.15) is 0 Å². The summed E-state index contributed by atoms with van der Waals surface area (Å²) in [5, 5.41) is 10.3. The molecule has 1 saturated carbocycles. The largest absolute Gasteiger partial charge is 0.462 e. The lowest BCUT2D eigenvalue weighted by molar-refractivity contribution is -0.200. The fourth-order valence-electron chi connectivity index (χ4n) is 5.05. The monoisotopic (exact) mass is 308 g/mol. The maximum Gasteiger partial charge on any atom is 0.336 e. The van der Waals surface area contributed by atoms with Gasteiger partial charge in [-0.05, 0) is 30.6 Å². The van der Waals surface area contributed by atoms with E-state index in [1.54, 1.807) is 0 Å². The second-order valence-electron chi connectivity index (χ2n) is 7.71. The average molecular weight is 308 g/mol. The molecular formula is C17H24O5. The molecule has 3 aliphatic rings. The number of ether oxygens (including phenoxy) is 2. The van der Waals surface area contributed by atoms with Gasteiger partial charge < -0.3 is 14.6 Å². The number of rotatable bonds is 1. The van der Waals surface area contributed by atoms with Gasteiger partial charge in [-0.25, -0.2) is 4.79 Å². The van der Waals surface area contributed by atoms with Gasteiger partial charge in [-0.1, -0.05) is 26.8 Å². The number of cyclic esters (lactones) is 1. The van der Waals surface area contributed by atoms with Crippen LogP contribution in [0.5, 0.6) is 0 Å². The van der Waals surface area contributed by atoms with E-state index < -0.39 is 23.6 Å². The topological polar surface area (TPSA) is 72.8 Å². The molecule has 0 unspecified atom stereocenters. The second-order valence-corrected chi connectivity index (χ2v) is 7.71. The minimum atomic E-state index is -1.15. The Morgan fingerprint density at radius 1 is 1.41 bits per heavy atom. The van der Waals surface area contributed by atoms with Crippen LogP contribution >= 0.6 is 0 Å². The smallest absolute Gasteiger partial charge is 0.336 e. The Morgan fingerprint density at radius 3 is 2.73 bits per heavy atom. The maximum atomic E-state index is 12.0. The SMILES string of the molecule is CC(=O)O[C@@H]1CCC(C)(C)[C@@H]2CC=C3C(=O)O[C@@H](O)[C@@H]3[C@@]12C. The van der Waals surface area contributed by atoms with Crippen LogP contribution in [0.25, 0.3) is 0 Å². The van der Waals surface area contributed by atoms with E-state index >= 15 is 0 Å². The molecule has 1 heterocycles. The lowest BCUT2D eigenvalue weighted by Crippen LogP contribution is -2.58. The zero-order chi connectivity index (χ0) is 16.3. The van der Waals surface area contributed by atoms with Crippen molar-refractivity contribution in [3.63, 3.8) is 0 Å². The Kier molecular flexibility index (Phi) is 3.40. The minimum absolute atomic E-state index is 0.0544. The molecule has 0 aromatic carbocycles. The Morgan fingerprint density at radius 2 is 2.09 bits per heavy atom. The fraction of sp³-hybridized carbons (Fsp3) is 0.765. The van der Waals surface area contributed by atoms with Crippen molar-refractivity contribution in [3.05, 3.63) is 11.6 Å². The number of aliphatic hydroxyl groups excluding tert-OH is 1. The maximum absolute atomic E-state index is 12.0. The summed E-state index contributed by atoms with van der Waals surface area (Å²) in [5.74, 6) is -0.971. The van der Waals surface area contributed by atoms with Crippen LogP contribution in [-0.4, -0.2) is 29.4 Å². The lowest BCUT2D eigenvalue weighted by Gasteiger charge is -2.58. The summed E-state index contributed by atoms with van der Waals surface area (Å²) in [7, 11) is 0. The predicted octanol–water partition coefficient (Wildman–Crippen LogP) is 2.18. The van der Waals surface area contributed by atoms with E-state index in [4.69, 9.17) is 9.47 Å². The Labute approximate surface area is 130 Å². The number of fused-ring (bicyclic) bond motifs is 3. The van der Waals surface area contributed by atoms with Gasteiger partial charge in [0.05, 0.1) is 5.92 Å². The van der Waals surface area contributed by atoms with Crippen LogP contribution in [0.1, 0.15) is 47.0 Å². The van der Waals surface area contributed by atoms with E-state index in [0.29, 0.717) is 5.57 Å². The molecule has 5 atom stereocenters. The molecule has 3 rings (SSSR count). The normalized spacial score (nSPS) is 42.8. The summed E-state index contributed by atoms with van der Waals surface area (Å²) in [6, 6.07) is 0. The van der Waals surface area contributed by atoms with Crippen LogP contribution in [0.3, 0.4) is 0 Å². The highest BCUT2D eigenvalue weighted by Gasteiger charge is 2.63. The van der Waals surface area contributed by atoms with Crippen molar-refractivity contribution < 1.29 is 24.2 Å². The number of hydrogen-bond donors (Lipinski definition) is 1. The summed E-state index contributed by atoms with van der Waals surface area (Å²) in [4.78, 5) is 23.5. The number of hydrogen-bond acceptors (Lipinski definition) is 5. The van der Waals surface area contributed by atoms with Gasteiger partial charge in [-0.3, -0.25) is 4.79 Å². The van der Waals surface area contributed by atoms with Gasteiger partial charge >= 0.3 is 11.9 Å². The van der Waals surface area contributed by atoms with E-state index in [1.165, 1.54) is 6.92 Å². The molecule has 0 aromatic rings. The van der Waals surface area contributed by atoms with Crippen molar-refractivity contribution >= 4 is 11.9 Å². The lowest BCUT2D eigenvalue weighted by atomic mass is 9.47. The molecule has 5 nitrogen and oxygen atoms in total. The van der Waals surface area contributed by atoms with Gasteiger partial charge in [0.1, 0.15) is 6.10 Å². The minimum Gasteiger partial charge on any atom is -0.462 e. The van der Waals surface area contributed by atoms with Crippen molar-refractivity contribution in [2.24, 2.45) is 22.7 Å². The molecule has 122 valence electrons. The quantitative estimate of drug-likeness (QED) is 0.752. The third-order valence-electron chi connectivity index (χ3n) is 6.07. The van der Waals surface area contributed by atoms with Gasteiger partial charge in [0, 0.05) is 17.9 Å². The van der Waals surface area contributed by atoms with Crippen LogP contribution in [-0.2, 0) is 19.1 Å². The van der Waals surface area contributed by atoms with Gasteiger partial charge in [0.25, 0.3) is 0 Å². The molecule has 1 saturated heterocycles. The molecule has 1 aliphatic heterocycles. The number of carbonyl (C=O) groups excluding carboxylic acids is 2. The standard InChI is InChI=1S/C17H24O5/c1-9(18)21-12-7-8-16(2,3)11-6-5-10-13(17(11,12)4)15(20)22-14(10)19/h5,11-13,15,20H,6-8H2,1-4H3/t11-,12+,13+,15+,17+/m0/s1. The molecule has 0 aromatic heterocycles. The van der Waals surface area contributed by atoms with Crippen LogP contribution in [0.15, 0.2) is 11.6 Å². The van der Waals surface area contributed by atoms with Crippen LogP contribution in [0.4, 0.5) is 0 Å². The van der Waals surface area contributed by atoms with Crippen molar-refractivity contribution in [2.75, 3.05) is 0 Å². The molecular weight excluding hydrogens is 284 g/mol. The highest BCUT2D eigenvalue weighted by Crippen LogP contribution is 2.62. The van der Waals surface area contributed by atoms with E-state index in [2.05, 4.69) is 13.8 Å². The van der Waals surface area contributed by atoms with Crippen molar-refractivity contribution in [1.29, 1.82) is 0 Å². The molecule has 0 bridgehead atoms. The van der Waals surface area contributed by atoms with Crippen LogP contribution in [0.2, 0.25) is 0 Å². The van der Waals surface area contributed by atoms with Crippen LogP contribution in [0, 0.1) is 22.7 Å². The molecule has 22 heavy (non-hydrogen) atoms. The highest BCUT2D eigenvalue weighted by molar-refractivity contribution is 5.91. The summed E-state index contributed by atoms with van der Waals surface area (Å²) >= 11 is 0. The molecule has 1 N–H and O–H groups in total. The fourth-order valence-corrected chi connectivity index (χ4v) is 5.05. The number of allylic oxidation sites excluding steroid dienone is 1. The molecule has 2 fully saturated rings. The Balaban J connectivity index is 2.09. The average Bonchev–Trinajstić information content (AvgIpc) is 2.69. The van der Waals surface area contributed by atoms with Gasteiger partial charge in [-0.15, -0.1) is 0 Å². The van der Waals surface area contributed by atoms with Crippen molar-refractivity contribution in [1.82, 2.24) is 0 Å². The van der Waals surface area contributed by atoms with Crippen molar-refractivity contribution in [2.45, 2.75) is 59.4 Å². The molecule has 5 heteroatoms. The molecule has 2 aliphatic carbocycles. The number of esters is 2. The number of carbonyl (C=O) groups is 2. The molecule has 0 amide bonds. The first-order chi connectivity index (χ1) is 10.2. The van der Waals surface area contributed by atoms with E-state index in [-0.39, 0.29) is 23.4 Å². The summed E-state index contributed by atoms with van der Waals surface area (Å²) in [6.07, 6.45) is 2.89. The highest BCUT2D eigenvalue weighted by atomic mass is 16.6. The Hall–Kier alpha value is -1.36. The first kappa shape index (κ1) is 15.5. The molecule has 0 radical (unpaired) electrons. The van der Waals surface area contributed by atoms with E-state index in [1.807, 2.05) is 13.0 Å². The van der Waals surface area contributed by atoms with E-state index in [0.717, 1.165) is 19.3 Å². The van der Waals surface area contributed by atoms with Crippen LogP contribution < -0.4 is 0 Å². The first-order valence-corrected chi connectivity index (χ1v) is 7.94. The second kappa shape index (κ2) is 4.82. The first-order valence-electron chi connectivity index (χ1n) is 7.94.